The summed E-state index contributed by atoms with van der Waals surface area (Å²) in [6, 6.07) is 5.44. The van der Waals surface area contributed by atoms with E-state index in [0.717, 1.165) is 11.3 Å². The molecule has 0 aliphatic heterocycles. The Labute approximate surface area is 122 Å². The Kier molecular flexibility index (Phi) is 7.08. The summed E-state index contributed by atoms with van der Waals surface area (Å²) in [5.74, 6) is -0.340. The first-order valence-electron chi connectivity index (χ1n) is 6.46. The maximum Gasteiger partial charge on any atom is 0.243 e. The minimum atomic E-state index is -0.589. The average Bonchev–Trinajstić information content (AvgIpc) is 2.42. The number of hydrogen-bond acceptors (Lipinski definition) is 3. The lowest BCUT2D eigenvalue weighted by atomic mass is 10.3. The topological polar surface area (TPSA) is 58.2 Å². The smallest absolute Gasteiger partial charge is 0.243 e. The van der Waals surface area contributed by atoms with Crippen molar-refractivity contribution in [2.24, 2.45) is 0 Å². The third kappa shape index (κ3) is 6.06. The van der Waals surface area contributed by atoms with Crippen molar-refractivity contribution < 1.29 is 14.0 Å². The minimum absolute atomic E-state index is 0.198. The van der Waals surface area contributed by atoms with Crippen LogP contribution >= 0.6 is 11.8 Å². The highest BCUT2D eigenvalue weighted by molar-refractivity contribution is 7.99. The second-order valence-corrected chi connectivity index (χ2v) is 5.40. The van der Waals surface area contributed by atoms with Crippen LogP contribution in [0, 0.1) is 5.82 Å². The van der Waals surface area contributed by atoms with Gasteiger partial charge in [0, 0.05) is 24.1 Å². The number of nitrogens with one attached hydrogen (secondary N) is 2. The first-order valence-corrected chi connectivity index (χ1v) is 7.44. The molecule has 1 unspecified atom stereocenters. The third-order valence-corrected chi connectivity index (χ3v) is 3.58. The largest absolute Gasteiger partial charge is 0.354 e. The predicted molar refractivity (Wildman–Crippen MR) is 78.0 cm³/mol. The summed E-state index contributed by atoms with van der Waals surface area (Å²) in [7, 11) is 0. The van der Waals surface area contributed by atoms with E-state index in [1.165, 1.54) is 30.8 Å². The van der Waals surface area contributed by atoms with Crippen LogP contribution in [0.4, 0.5) is 4.39 Å². The van der Waals surface area contributed by atoms with Crippen LogP contribution < -0.4 is 10.6 Å². The first-order chi connectivity index (χ1) is 9.52. The highest BCUT2D eigenvalue weighted by Crippen LogP contribution is 2.19. The second-order valence-electron chi connectivity index (χ2n) is 4.31. The van der Waals surface area contributed by atoms with E-state index in [0.29, 0.717) is 12.3 Å². The summed E-state index contributed by atoms with van der Waals surface area (Å²) in [6.07, 6.45) is 0.837. The standard InChI is InChI=1S/C14H19FN2O2S/c1-3-8-16-14(19)13(17-10(2)18)9-20-12-6-4-11(15)5-7-12/h4-7,13H,3,8-9H2,1-2H3,(H,16,19)(H,17,18). The fraction of sp³-hybridized carbons (Fsp3) is 0.429. The van der Waals surface area contributed by atoms with E-state index in [-0.39, 0.29) is 17.6 Å². The van der Waals surface area contributed by atoms with Crippen molar-refractivity contribution in [2.75, 3.05) is 12.3 Å². The van der Waals surface area contributed by atoms with Crippen molar-refractivity contribution in [1.82, 2.24) is 10.6 Å². The van der Waals surface area contributed by atoms with Crippen LogP contribution in [0.2, 0.25) is 0 Å². The number of carbonyl (C=O) groups is 2. The van der Waals surface area contributed by atoms with E-state index in [9.17, 15) is 14.0 Å². The highest BCUT2D eigenvalue weighted by Gasteiger charge is 2.19. The molecule has 0 saturated carbocycles. The molecular weight excluding hydrogens is 279 g/mol. The molecule has 0 saturated heterocycles. The summed E-state index contributed by atoms with van der Waals surface area (Å²) < 4.78 is 12.8. The lowest BCUT2D eigenvalue weighted by Gasteiger charge is -2.17. The van der Waals surface area contributed by atoms with Gasteiger partial charge in [-0.1, -0.05) is 6.92 Å². The Morgan fingerprint density at radius 3 is 2.50 bits per heavy atom. The van der Waals surface area contributed by atoms with Gasteiger partial charge in [0.25, 0.3) is 0 Å². The monoisotopic (exact) mass is 298 g/mol. The second kappa shape index (κ2) is 8.58. The van der Waals surface area contributed by atoms with Crippen LogP contribution in [0.5, 0.6) is 0 Å². The lowest BCUT2D eigenvalue weighted by Crippen LogP contribution is -2.47. The molecule has 110 valence electrons. The van der Waals surface area contributed by atoms with E-state index in [2.05, 4.69) is 10.6 Å². The van der Waals surface area contributed by atoms with Gasteiger partial charge in [0.05, 0.1) is 0 Å². The van der Waals surface area contributed by atoms with E-state index in [4.69, 9.17) is 0 Å². The number of rotatable bonds is 7. The van der Waals surface area contributed by atoms with Gasteiger partial charge in [-0.2, -0.15) is 0 Å². The SMILES string of the molecule is CCCNC(=O)C(CSc1ccc(F)cc1)NC(C)=O. The van der Waals surface area contributed by atoms with E-state index >= 15 is 0 Å². The quantitative estimate of drug-likeness (QED) is 0.757. The average molecular weight is 298 g/mol. The molecule has 1 atom stereocenters. The fourth-order valence-corrected chi connectivity index (χ4v) is 2.43. The molecule has 0 aliphatic carbocycles. The summed E-state index contributed by atoms with van der Waals surface area (Å²) in [4.78, 5) is 23.9. The molecule has 0 aliphatic rings. The Bertz CT molecular complexity index is 451. The molecule has 0 spiro atoms. The normalized spacial score (nSPS) is 11.8. The van der Waals surface area contributed by atoms with Crippen LogP contribution in [0.25, 0.3) is 0 Å². The molecule has 2 amide bonds. The first kappa shape index (κ1) is 16.5. The van der Waals surface area contributed by atoms with Gasteiger partial charge in [0.2, 0.25) is 11.8 Å². The fourth-order valence-electron chi connectivity index (χ4n) is 1.51. The molecule has 0 heterocycles. The zero-order chi connectivity index (χ0) is 15.0. The summed E-state index contributed by atoms with van der Waals surface area (Å²) in [5, 5.41) is 5.38. The number of thioether (sulfide) groups is 1. The van der Waals surface area contributed by atoms with Gasteiger partial charge in [0.15, 0.2) is 0 Å². The van der Waals surface area contributed by atoms with Gasteiger partial charge >= 0.3 is 0 Å². The van der Waals surface area contributed by atoms with Gasteiger partial charge in [-0.05, 0) is 30.7 Å². The Hall–Kier alpha value is -1.56. The molecule has 0 aromatic heterocycles. The molecule has 0 fully saturated rings. The zero-order valence-corrected chi connectivity index (χ0v) is 12.4. The van der Waals surface area contributed by atoms with Crippen LogP contribution in [0.15, 0.2) is 29.2 Å². The Balaban J connectivity index is 2.57. The van der Waals surface area contributed by atoms with Crippen LogP contribution in [-0.4, -0.2) is 30.2 Å². The molecule has 6 heteroatoms. The van der Waals surface area contributed by atoms with Gasteiger partial charge < -0.3 is 10.6 Å². The van der Waals surface area contributed by atoms with Crippen molar-refractivity contribution >= 4 is 23.6 Å². The molecule has 1 rings (SSSR count). The van der Waals surface area contributed by atoms with Crippen molar-refractivity contribution in [1.29, 1.82) is 0 Å². The third-order valence-electron chi connectivity index (χ3n) is 2.47. The number of amides is 2. The molecule has 1 aromatic rings. The minimum Gasteiger partial charge on any atom is -0.354 e. The van der Waals surface area contributed by atoms with Gasteiger partial charge in [-0.15, -0.1) is 11.8 Å². The summed E-state index contributed by atoms with van der Waals surface area (Å²) in [6.45, 7) is 3.92. The van der Waals surface area contributed by atoms with Crippen LogP contribution in [0.1, 0.15) is 20.3 Å². The highest BCUT2D eigenvalue weighted by atomic mass is 32.2. The molecule has 0 bridgehead atoms. The van der Waals surface area contributed by atoms with Crippen molar-refractivity contribution in [2.45, 2.75) is 31.2 Å². The summed E-state index contributed by atoms with van der Waals surface area (Å²) in [5.41, 5.74) is 0. The molecular formula is C14H19FN2O2S. The van der Waals surface area contributed by atoms with E-state index < -0.39 is 6.04 Å². The molecule has 20 heavy (non-hydrogen) atoms. The Morgan fingerprint density at radius 2 is 1.95 bits per heavy atom. The molecule has 1 aromatic carbocycles. The van der Waals surface area contributed by atoms with Gasteiger partial charge in [0.1, 0.15) is 11.9 Å². The zero-order valence-electron chi connectivity index (χ0n) is 11.6. The van der Waals surface area contributed by atoms with Crippen LogP contribution in [0.3, 0.4) is 0 Å². The van der Waals surface area contributed by atoms with E-state index in [1.807, 2.05) is 6.92 Å². The van der Waals surface area contributed by atoms with Gasteiger partial charge in [-0.3, -0.25) is 9.59 Å². The number of carbonyl (C=O) groups excluding carboxylic acids is 2. The van der Waals surface area contributed by atoms with Gasteiger partial charge in [-0.25, -0.2) is 4.39 Å². The lowest BCUT2D eigenvalue weighted by molar-refractivity contribution is -0.127. The predicted octanol–water partition coefficient (Wildman–Crippen LogP) is 1.95. The maximum atomic E-state index is 12.8. The Morgan fingerprint density at radius 1 is 1.30 bits per heavy atom. The number of hydrogen-bond donors (Lipinski definition) is 2. The number of benzene rings is 1. The van der Waals surface area contributed by atoms with Crippen molar-refractivity contribution in [3.05, 3.63) is 30.1 Å². The maximum absolute atomic E-state index is 12.8. The van der Waals surface area contributed by atoms with Crippen molar-refractivity contribution in [3.63, 3.8) is 0 Å². The van der Waals surface area contributed by atoms with Crippen LogP contribution in [-0.2, 0) is 9.59 Å². The molecule has 4 nitrogen and oxygen atoms in total. The number of halogens is 1. The van der Waals surface area contributed by atoms with Crippen molar-refractivity contribution in [3.8, 4) is 0 Å². The van der Waals surface area contributed by atoms with E-state index in [1.54, 1.807) is 12.1 Å². The molecule has 2 N–H and O–H groups in total. The molecule has 0 radical (unpaired) electrons. The summed E-state index contributed by atoms with van der Waals surface area (Å²) >= 11 is 1.40.